The Balaban J connectivity index is 4.58. The molecular weight excluding hydrogens is 1340 g/mol. The van der Waals surface area contributed by atoms with Crippen molar-refractivity contribution in [3.8, 4) is 0 Å². The molecule has 0 saturated carbocycles. The van der Waals surface area contributed by atoms with Crippen LogP contribution in [-0.4, -0.2) is 95.9 Å². The van der Waals surface area contributed by atoms with Crippen molar-refractivity contribution < 1.29 is 75.8 Å². The third-order valence-electron chi connectivity index (χ3n) is 16.5. The molecule has 0 aromatic heterocycles. The third-order valence-corrected chi connectivity index (χ3v) is 18.4. The average Bonchev–Trinajstić information content (AvgIpc) is 0.918. The van der Waals surface area contributed by atoms with E-state index in [1.54, 1.807) is 0 Å². The summed E-state index contributed by atoms with van der Waals surface area (Å²) < 4.78 is 61.2. The van der Waals surface area contributed by atoms with Gasteiger partial charge >= 0.3 is 33.6 Å². The fourth-order valence-electron chi connectivity index (χ4n) is 10.5. The Bertz CT molecular complexity index is 2450. The number of phosphoric acid groups is 2. The van der Waals surface area contributed by atoms with Gasteiger partial charge in [-0.25, -0.2) is 9.13 Å². The molecule has 590 valence electrons. The van der Waals surface area contributed by atoms with E-state index in [1.165, 1.54) is 96.3 Å². The molecule has 0 heterocycles. The van der Waals surface area contributed by atoms with Gasteiger partial charge in [0.1, 0.15) is 25.4 Å². The van der Waals surface area contributed by atoms with Crippen LogP contribution in [0.2, 0.25) is 0 Å². The van der Waals surface area contributed by atoms with Gasteiger partial charge in [-0.15, -0.1) is 0 Å². The third kappa shape index (κ3) is 78.3. The van der Waals surface area contributed by atoms with Crippen LogP contribution >= 0.6 is 15.6 Å². The molecule has 103 heavy (non-hydrogen) atoms. The number of aliphatic hydroxyl groups excluding tert-OH is 2. The van der Waals surface area contributed by atoms with Gasteiger partial charge in [-0.05, 0) is 141 Å². The van der Waals surface area contributed by atoms with Gasteiger partial charge in [0, 0.05) is 19.3 Å². The number of esters is 3. The van der Waals surface area contributed by atoms with Gasteiger partial charge in [-0.1, -0.05) is 301 Å². The minimum absolute atomic E-state index is 0.0798. The summed E-state index contributed by atoms with van der Waals surface area (Å²) in [4.78, 5) is 58.7. The standard InChI is InChI=1S/C85H144O16P2/c1-4-7-10-13-16-19-22-25-28-30-32-34-36-38-39-41-43-44-46-48-51-53-56-59-62-65-68-71-83(88)95-74-80(86)75-97-102(91,92)98-76-81(87)77-99-103(93,94)100-79-82(101-85(90)73-70-67-64-61-58-55-50-27-24-21-18-15-12-9-6-3)78-96-84(89)72-69-66-63-60-57-54-52-49-47-45-42-40-37-35-33-31-29-26-23-20-17-14-11-8-5-2/h8-9,11-12,16-21,25-29,32-35,38-40,42,50,80-82,86-87H,4-7,10,13-15,22-24,30-31,36-37,41,43-49,51-79H2,1-3H3,(H,91,92)(H,93,94)/b11-8-,12-9-,19-16-,20-17-,21-18-,28-25-,29-26-,34-32-,35-33-,39-38-,42-40-,50-27-. The molecule has 0 saturated heterocycles. The first kappa shape index (κ1) is 98.4. The van der Waals surface area contributed by atoms with Crippen molar-refractivity contribution in [1.82, 2.24) is 0 Å². The second-order valence-corrected chi connectivity index (χ2v) is 29.4. The highest BCUT2D eigenvalue weighted by Crippen LogP contribution is 2.45. The van der Waals surface area contributed by atoms with Crippen LogP contribution in [0.25, 0.3) is 0 Å². The number of carbonyl (C=O) groups excluding carboxylic acids is 3. The lowest BCUT2D eigenvalue weighted by atomic mass is 10.0. The lowest BCUT2D eigenvalue weighted by molar-refractivity contribution is -0.161. The van der Waals surface area contributed by atoms with E-state index in [0.29, 0.717) is 19.3 Å². The molecule has 0 rings (SSSR count). The number of hydrogen-bond acceptors (Lipinski definition) is 14. The molecule has 5 atom stereocenters. The molecule has 18 heteroatoms. The van der Waals surface area contributed by atoms with E-state index in [1.807, 2.05) is 0 Å². The monoisotopic (exact) mass is 1480 g/mol. The van der Waals surface area contributed by atoms with E-state index < -0.39 is 91.5 Å². The number of unbranched alkanes of at least 4 members (excludes halogenated alkanes) is 28. The van der Waals surface area contributed by atoms with E-state index in [2.05, 4.69) is 167 Å². The van der Waals surface area contributed by atoms with Crippen LogP contribution in [0.3, 0.4) is 0 Å². The van der Waals surface area contributed by atoms with E-state index in [-0.39, 0.29) is 19.3 Å². The molecule has 5 unspecified atom stereocenters. The van der Waals surface area contributed by atoms with Gasteiger partial charge in [-0.2, -0.15) is 0 Å². The van der Waals surface area contributed by atoms with Crippen molar-refractivity contribution in [1.29, 1.82) is 0 Å². The van der Waals surface area contributed by atoms with Crippen molar-refractivity contribution in [3.63, 3.8) is 0 Å². The zero-order chi connectivity index (χ0) is 75.2. The summed E-state index contributed by atoms with van der Waals surface area (Å²) in [6.07, 6.45) is 94.6. The molecule has 0 spiro atoms. The largest absolute Gasteiger partial charge is 0.472 e. The van der Waals surface area contributed by atoms with Crippen molar-refractivity contribution in [2.24, 2.45) is 0 Å². The zero-order valence-corrected chi connectivity index (χ0v) is 66.2. The molecule has 0 radical (unpaired) electrons. The molecule has 0 aliphatic heterocycles. The molecule has 0 fully saturated rings. The first-order chi connectivity index (χ1) is 50.2. The fourth-order valence-corrected chi connectivity index (χ4v) is 12.1. The molecule has 0 aromatic carbocycles. The Hall–Kier alpha value is -4.57. The SMILES string of the molecule is CC/C=C\C/C=C\C/C=C\C/C=C\C/C=C\CCCCCCCCCCCC(=O)OCC(COP(=O)(O)OCC(O)COP(=O)(O)OCC(O)COC(=O)CCCCCCCCCCCCC/C=C\C/C=C\C/C=C\C/C=C\CCCCC)OC(=O)CCCCCCC/C=C\C/C=C\C/C=C\CC. The number of allylic oxidation sites excluding steroid dienone is 24. The summed E-state index contributed by atoms with van der Waals surface area (Å²) in [5.41, 5.74) is 0. The fraction of sp³-hybridized carbons (Fsp3) is 0.682. The number of aliphatic hydroxyl groups is 2. The van der Waals surface area contributed by atoms with E-state index in [4.69, 9.17) is 32.3 Å². The topological polar surface area (TPSA) is 231 Å². The van der Waals surface area contributed by atoms with E-state index in [9.17, 15) is 43.5 Å². The minimum atomic E-state index is -4.94. The van der Waals surface area contributed by atoms with Crippen molar-refractivity contribution in [2.75, 3.05) is 39.6 Å². The Morgan fingerprint density at radius 2 is 0.515 bits per heavy atom. The summed E-state index contributed by atoms with van der Waals surface area (Å²) in [5.74, 6) is -1.60. The molecule has 0 aromatic rings. The maximum Gasteiger partial charge on any atom is 0.472 e. The molecule has 4 N–H and O–H groups in total. The molecule has 0 bridgehead atoms. The molecule has 16 nitrogen and oxygen atoms in total. The average molecular weight is 1480 g/mol. The second-order valence-electron chi connectivity index (χ2n) is 26.5. The van der Waals surface area contributed by atoms with Gasteiger partial charge in [0.05, 0.1) is 26.4 Å². The zero-order valence-electron chi connectivity index (χ0n) is 64.4. The van der Waals surface area contributed by atoms with Crippen LogP contribution in [0, 0.1) is 0 Å². The Morgan fingerprint density at radius 1 is 0.282 bits per heavy atom. The van der Waals surface area contributed by atoms with Crippen molar-refractivity contribution in [3.05, 3.63) is 146 Å². The number of ether oxygens (including phenoxy) is 3. The van der Waals surface area contributed by atoms with Crippen molar-refractivity contribution in [2.45, 2.75) is 334 Å². The Morgan fingerprint density at radius 3 is 0.816 bits per heavy atom. The second kappa shape index (κ2) is 77.1. The summed E-state index contributed by atoms with van der Waals surface area (Å²) in [6.45, 7) is 2.40. The summed E-state index contributed by atoms with van der Waals surface area (Å²) in [7, 11) is -9.80. The predicted molar refractivity (Wildman–Crippen MR) is 426 cm³/mol. The molecule has 0 aliphatic carbocycles. The van der Waals surface area contributed by atoms with Crippen LogP contribution in [0.5, 0.6) is 0 Å². The van der Waals surface area contributed by atoms with E-state index >= 15 is 0 Å². The number of phosphoric ester groups is 2. The summed E-state index contributed by atoms with van der Waals surface area (Å²) in [5, 5.41) is 20.6. The Labute approximate surface area is 626 Å². The van der Waals surface area contributed by atoms with Crippen LogP contribution < -0.4 is 0 Å². The van der Waals surface area contributed by atoms with Gasteiger partial charge in [0.25, 0.3) is 0 Å². The quantitative estimate of drug-likeness (QED) is 0.0146. The lowest BCUT2D eigenvalue weighted by Crippen LogP contribution is -2.30. The smallest absolute Gasteiger partial charge is 0.463 e. The van der Waals surface area contributed by atoms with Gasteiger partial charge < -0.3 is 34.2 Å². The minimum Gasteiger partial charge on any atom is -0.463 e. The first-order valence-corrected chi connectivity index (χ1v) is 43.1. The van der Waals surface area contributed by atoms with Crippen LogP contribution in [0.4, 0.5) is 0 Å². The predicted octanol–water partition coefficient (Wildman–Crippen LogP) is 23.7. The van der Waals surface area contributed by atoms with Crippen LogP contribution in [0.15, 0.2) is 146 Å². The van der Waals surface area contributed by atoms with Crippen molar-refractivity contribution >= 4 is 33.6 Å². The number of carbonyl (C=O) groups is 3. The molecular formula is C85H144O16P2. The van der Waals surface area contributed by atoms with Crippen LogP contribution in [-0.2, 0) is 55.8 Å². The van der Waals surface area contributed by atoms with Gasteiger partial charge in [-0.3, -0.25) is 32.5 Å². The molecule has 0 aliphatic rings. The van der Waals surface area contributed by atoms with E-state index in [0.717, 1.165) is 161 Å². The summed E-state index contributed by atoms with van der Waals surface area (Å²) >= 11 is 0. The maximum atomic E-state index is 13.0. The highest BCUT2D eigenvalue weighted by molar-refractivity contribution is 7.47. The highest BCUT2D eigenvalue weighted by Gasteiger charge is 2.29. The van der Waals surface area contributed by atoms with Gasteiger partial charge in [0.2, 0.25) is 0 Å². The van der Waals surface area contributed by atoms with Gasteiger partial charge in [0.15, 0.2) is 6.10 Å². The molecule has 0 amide bonds. The normalized spacial score (nSPS) is 14.7. The first-order valence-electron chi connectivity index (χ1n) is 40.1. The highest BCUT2D eigenvalue weighted by atomic mass is 31.2. The number of rotatable bonds is 75. The maximum absolute atomic E-state index is 13.0. The Kier molecular flexibility index (Phi) is 73.6. The van der Waals surface area contributed by atoms with Crippen LogP contribution in [0.1, 0.15) is 316 Å². The summed E-state index contributed by atoms with van der Waals surface area (Å²) in [6, 6.07) is 0. The number of hydrogen-bond donors (Lipinski definition) is 4. The lowest BCUT2D eigenvalue weighted by Gasteiger charge is -2.21.